The van der Waals surface area contributed by atoms with Gasteiger partial charge in [-0.25, -0.2) is 9.59 Å². The molecule has 1 amide bonds. The first-order valence-electron chi connectivity index (χ1n) is 8.99. The Labute approximate surface area is 163 Å². The van der Waals surface area contributed by atoms with Crippen LogP contribution in [0, 0.1) is 0 Å². The average molecular weight is 379 g/mol. The van der Waals surface area contributed by atoms with Crippen molar-refractivity contribution >= 4 is 17.8 Å². The van der Waals surface area contributed by atoms with Crippen molar-refractivity contribution in [1.82, 2.24) is 5.32 Å². The highest BCUT2D eigenvalue weighted by molar-refractivity contribution is 6.01. The van der Waals surface area contributed by atoms with Crippen LogP contribution in [0.5, 0.6) is 0 Å². The van der Waals surface area contributed by atoms with Crippen molar-refractivity contribution in [2.45, 2.75) is 25.3 Å². The molecule has 2 aromatic rings. The number of ether oxygens (including phenoxy) is 2. The van der Waals surface area contributed by atoms with E-state index < -0.39 is 29.3 Å². The fourth-order valence-electron chi connectivity index (χ4n) is 3.11. The number of esters is 2. The minimum absolute atomic E-state index is 0.158. The summed E-state index contributed by atoms with van der Waals surface area (Å²) >= 11 is 0. The Morgan fingerprint density at radius 3 is 2.29 bits per heavy atom. The maximum atomic E-state index is 12.9. The lowest BCUT2D eigenvalue weighted by molar-refractivity contribution is -0.157. The highest BCUT2D eigenvalue weighted by atomic mass is 16.6. The van der Waals surface area contributed by atoms with Crippen LogP contribution in [0.3, 0.4) is 0 Å². The highest BCUT2D eigenvalue weighted by Crippen LogP contribution is 2.36. The minimum Gasteiger partial charge on any atom is -0.460 e. The highest BCUT2D eigenvalue weighted by Gasteiger charge is 2.48. The molecule has 1 aliphatic heterocycles. The van der Waals surface area contributed by atoms with E-state index in [2.05, 4.69) is 5.32 Å². The lowest BCUT2D eigenvalue weighted by Crippen LogP contribution is -2.58. The number of carbonyl (C=O) groups excluding carboxylic acids is 3. The van der Waals surface area contributed by atoms with Gasteiger partial charge in [0.25, 0.3) is 5.91 Å². The van der Waals surface area contributed by atoms with Crippen molar-refractivity contribution in [2.24, 2.45) is 0 Å². The molecule has 1 heterocycles. The van der Waals surface area contributed by atoms with E-state index >= 15 is 0 Å². The molecule has 0 bridgehead atoms. The molecule has 3 rings (SSSR count). The van der Waals surface area contributed by atoms with Crippen LogP contribution in [-0.4, -0.2) is 30.0 Å². The predicted molar refractivity (Wildman–Crippen MR) is 102 cm³/mol. The molecule has 0 spiro atoms. The van der Waals surface area contributed by atoms with Gasteiger partial charge >= 0.3 is 11.9 Å². The second kappa shape index (κ2) is 8.08. The summed E-state index contributed by atoms with van der Waals surface area (Å²) in [5.74, 6) is -2.63. The number of rotatable bonds is 5. The van der Waals surface area contributed by atoms with E-state index in [4.69, 9.17) is 9.47 Å². The lowest BCUT2D eigenvalue weighted by Gasteiger charge is -2.38. The van der Waals surface area contributed by atoms with Crippen molar-refractivity contribution in [3.8, 4) is 0 Å². The maximum absolute atomic E-state index is 12.9. The molecule has 0 unspecified atom stereocenters. The molecule has 6 nitrogen and oxygen atoms in total. The average Bonchev–Trinajstić information content (AvgIpc) is 2.71. The van der Waals surface area contributed by atoms with Gasteiger partial charge < -0.3 is 14.8 Å². The summed E-state index contributed by atoms with van der Waals surface area (Å²) in [7, 11) is 0. The molecular formula is C22H21NO5. The summed E-state index contributed by atoms with van der Waals surface area (Å²) < 4.78 is 10.2. The summed E-state index contributed by atoms with van der Waals surface area (Å²) in [6, 6.07) is 17.8. The number of cyclic esters (lactones) is 1. The van der Waals surface area contributed by atoms with Gasteiger partial charge in [-0.1, -0.05) is 48.5 Å². The first kappa shape index (κ1) is 19.4. The molecule has 1 N–H and O–H groups in total. The molecular weight excluding hydrogens is 358 g/mol. The monoisotopic (exact) mass is 379 g/mol. The molecule has 28 heavy (non-hydrogen) atoms. The number of nitrogens with one attached hydrogen (secondary N) is 1. The Hall–Kier alpha value is -3.41. The number of amides is 1. The molecule has 144 valence electrons. The number of hydrogen-bond donors (Lipinski definition) is 1. The van der Waals surface area contributed by atoms with E-state index in [-0.39, 0.29) is 12.4 Å². The molecule has 0 radical (unpaired) electrons. The number of benzene rings is 2. The van der Waals surface area contributed by atoms with Crippen molar-refractivity contribution in [2.75, 3.05) is 6.61 Å². The van der Waals surface area contributed by atoms with Gasteiger partial charge in [-0.3, -0.25) is 4.79 Å². The van der Waals surface area contributed by atoms with Crippen LogP contribution in [0.4, 0.5) is 0 Å². The fraction of sp³-hybridized carbons (Fsp3) is 0.227. The lowest BCUT2D eigenvalue weighted by atomic mass is 9.78. The van der Waals surface area contributed by atoms with Crippen molar-refractivity contribution in [3.63, 3.8) is 0 Å². The fourth-order valence-corrected chi connectivity index (χ4v) is 3.11. The SMILES string of the molecule is CCOC(=O)C1=C[C@H](c2ccccc2)[C@](C)(NC(=O)c2ccccc2)C(=O)O1. The van der Waals surface area contributed by atoms with Gasteiger partial charge in [0.05, 0.1) is 6.61 Å². The standard InChI is InChI=1S/C22H21NO5/c1-3-27-20(25)18-14-17(15-10-6-4-7-11-15)22(2,21(26)28-18)23-19(24)16-12-8-5-9-13-16/h4-14,17H,3H2,1-2H3,(H,23,24)/t17-,22+/m1/s1. The van der Waals surface area contributed by atoms with Gasteiger partial charge in [-0.15, -0.1) is 0 Å². The molecule has 6 heteroatoms. The molecule has 2 atom stereocenters. The second-order valence-corrected chi connectivity index (χ2v) is 6.55. The predicted octanol–water partition coefficient (Wildman–Crippen LogP) is 2.96. The Morgan fingerprint density at radius 1 is 1.07 bits per heavy atom. The first-order chi connectivity index (χ1) is 13.5. The topological polar surface area (TPSA) is 81.7 Å². The van der Waals surface area contributed by atoms with Gasteiger partial charge in [0.1, 0.15) is 5.54 Å². The number of carbonyl (C=O) groups is 3. The quantitative estimate of drug-likeness (QED) is 0.808. The second-order valence-electron chi connectivity index (χ2n) is 6.55. The Morgan fingerprint density at radius 2 is 1.68 bits per heavy atom. The maximum Gasteiger partial charge on any atom is 0.374 e. The molecule has 1 aliphatic rings. The summed E-state index contributed by atoms with van der Waals surface area (Å²) in [4.78, 5) is 37.7. The Balaban J connectivity index is 2.01. The van der Waals surface area contributed by atoms with Gasteiger partial charge in [0.2, 0.25) is 5.76 Å². The zero-order valence-electron chi connectivity index (χ0n) is 15.7. The molecule has 2 aromatic carbocycles. The minimum atomic E-state index is -1.40. The molecule has 0 saturated carbocycles. The van der Waals surface area contributed by atoms with Crippen molar-refractivity contribution in [3.05, 3.63) is 83.6 Å². The molecule has 0 fully saturated rings. The summed E-state index contributed by atoms with van der Waals surface area (Å²) in [5, 5.41) is 2.79. The van der Waals surface area contributed by atoms with Gasteiger partial charge in [0, 0.05) is 11.5 Å². The summed E-state index contributed by atoms with van der Waals surface area (Å²) in [6.07, 6.45) is 1.53. The molecule has 0 saturated heterocycles. The van der Waals surface area contributed by atoms with Crippen LogP contribution in [-0.2, 0) is 19.1 Å². The largest absolute Gasteiger partial charge is 0.460 e. The summed E-state index contributed by atoms with van der Waals surface area (Å²) in [5.41, 5.74) is -0.218. The molecule has 0 aliphatic carbocycles. The van der Waals surface area contributed by atoms with Gasteiger partial charge in [-0.2, -0.15) is 0 Å². The van der Waals surface area contributed by atoms with Gasteiger partial charge in [0.15, 0.2) is 0 Å². The Kier molecular flexibility index (Phi) is 5.59. The van der Waals surface area contributed by atoms with Crippen molar-refractivity contribution < 1.29 is 23.9 Å². The van der Waals surface area contributed by atoms with E-state index in [1.807, 2.05) is 30.3 Å². The third-order valence-corrected chi connectivity index (χ3v) is 4.61. The third kappa shape index (κ3) is 3.81. The smallest absolute Gasteiger partial charge is 0.374 e. The van der Waals surface area contributed by atoms with Crippen LogP contribution in [0.1, 0.15) is 35.7 Å². The van der Waals surface area contributed by atoms with E-state index in [1.165, 1.54) is 6.08 Å². The van der Waals surface area contributed by atoms with Crippen LogP contribution in [0.2, 0.25) is 0 Å². The zero-order valence-corrected chi connectivity index (χ0v) is 15.7. The van der Waals surface area contributed by atoms with Crippen LogP contribution in [0.25, 0.3) is 0 Å². The normalized spacial score (nSPS) is 21.3. The first-order valence-corrected chi connectivity index (χ1v) is 8.99. The van der Waals surface area contributed by atoms with Crippen LogP contribution < -0.4 is 5.32 Å². The Bertz CT molecular complexity index is 907. The van der Waals surface area contributed by atoms with Gasteiger partial charge in [-0.05, 0) is 37.6 Å². The van der Waals surface area contributed by atoms with Crippen LogP contribution >= 0.6 is 0 Å². The zero-order chi connectivity index (χ0) is 20.1. The van der Waals surface area contributed by atoms with Crippen molar-refractivity contribution in [1.29, 1.82) is 0 Å². The summed E-state index contributed by atoms with van der Waals surface area (Å²) in [6.45, 7) is 3.42. The van der Waals surface area contributed by atoms with E-state index in [1.54, 1.807) is 44.2 Å². The number of hydrogen-bond acceptors (Lipinski definition) is 5. The third-order valence-electron chi connectivity index (χ3n) is 4.61. The van der Waals surface area contributed by atoms with E-state index in [9.17, 15) is 14.4 Å². The molecule has 0 aromatic heterocycles. The van der Waals surface area contributed by atoms with Crippen LogP contribution in [0.15, 0.2) is 72.5 Å². The van der Waals surface area contributed by atoms with E-state index in [0.29, 0.717) is 5.56 Å². The van der Waals surface area contributed by atoms with E-state index in [0.717, 1.165) is 5.56 Å².